The Morgan fingerprint density at radius 3 is 2.28 bits per heavy atom. The minimum Gasteiger partial charge on any atom is -0.378 e. The number of amides is 4. The summed E-state index contributed by atoms with van der Waals surface area (Å²) in [6.45, 7) is 3.79. The van der Waals surface area contributed by atoms with Gasteiger partial charge in [0.25, 0.3) is 11.8 Å². The van der Waals surface area contributed by atoms with Gasteiger partial charge in [0.1, 0.15) is 16.2 Å². The minimum atomic E-state index is -4.22. The van der Waals surface area contributed by atoms with Crippen LogP contribution in [0.5, 0.6) is 5.75 Å². The van der Waals surface area contributed by atoms with Crippen LogP contribution in [0, 0.1) is 6.92 Å². The third-order valence-corrected chi connectivity index (χ3v) is 6.97. The van der Waals surface area contributed by atoms with Gasteiger partial charge in [0, 0.05) is 10.6 Å². The number of nitrogens with one attached hydrogen (secondary N) is 1. The van der Waals surface area contributed by atoms with Crippen LogP contribution < -0.4 is 14.4 Å². The highest BCUT2D eigenvalue weighted by Gasteiger charge is 2.37. The van der Waals surface area contributed by atoms with Crippen molar-refractivity contribution in [3.63, 3.8) is 0 Å². The summed E-state index contributed by atoms with van der Waals surface area (Å²) in [5.74, 6) is -1.96. The number of carbonyl (C=O) groups is 3. The predicted octanol–water partition coefficient (Wildman–Crippen LogP) is 4.64. The molecule has 0 unspecified atom stereocenters. The zero-order valence-electron chi connectivity index (χ0n) is 19.3. The van der Waals surface area contributed by atoms with Crippen LogP contribution in [0.25, 0.3) is 6.08 Å². The molecule has 3 aromatic carbocycles. The molecule has 8 nitrogen and oxygen atoms in total. The number of hydrogen-bond donors (Lipinski definition) is 1. The summed E-state index contributed by atoms with van der Waals surface area (Å²) in [5.41, 5.74) is 1.82. The van der Waals surface area contributed by atoms with Gasteiger partial charge in [-0.15, -0.1) is 0 Å². The smallest absolute Gasteiger partial charge is 0.339 e. The van der Waals surface area contributed by atoms with Crippen molar-refractivity contribution in [1.29, 1.82) is 0 Å². The van der Waals surface area contributed by atoms with Crippen molar-refractivity contribution < 1.29 is 27.0 Å². The molecule has 3 aromatic rings. The predicted molar refractivity (Wildman–Crippen MR) is 135 cm³/mol. The molecule has 0 bridgehead atoms. The molecule has 10 heteroatoms. The van der Waals surface area contributed by atoms with Gasteiger partial charge in [-0.25, -0.2) is 9.69 Å². The Kier molecular flexibility index (Phi) is 6.96. The fraction of sp³-hybridized carbons (Fsp3) is 0.115. The third-order valence-electron chi connectivity index (χ3n) is 5.49. The number of nitrogens with zero attached hydrogens (tertiary/aromatic N) is 1. The van der Waals surface area contributed by atoms with E-state index >= 15 is 0 Å². The molecule has 4 amide bonds. The van der Waals surface area contributed by atoms with Crippen LogP contribution in [0.4, 0.5) is 10.5 Å². The van der Waals surface area contributed by atoms with Crippen LogP contribution in [0.15, 0.2) is 77.2 Å². The molecule has 4 rings (SSSR count). The minimum absolute atomic E-state index is 0.0623. The summed E-state index contributed by atoms with van der Waals surface area (Å²) < 4.78 is 31.0. The second-order valence-electron chi connectivity index (χ2n) is 8.01. The first-order valence-corrected chi connectivity index (χ1v) is 12.7. The van der Waals surface area contributed by atoms with Gasteiger partial charge in [-0.1, -0.05) is 48.4 Å². The van der Waals surface area contributed by atoms with Gasteiger partial charge in [-0.05, 0) is 67.4 Å². The van der Waals surface area contributed by atoms with E-state index in [9.17, 15) is 22.8 Å². The molecule has 0 radical (unpaired) electrons. The monoisotopic (exact) mass is 524 g/mol. The Morgan fingerprint density at radius 1 is 0.972 bits per heavy atom. The molecule has 1 saturated heterocycles. The topological polar surface area (TPSA) is 110 Å². The molecular formula is C26H21ClN2O6S. The van der Waals surface area contributed by atoms with Crippen LogP contribution in [0.2, 0.25) is 5.02 Å². The Hall–Kier alpha value is -3.95. The van der Waals surface area contributed by atoms with E-state index in [-0.39, 0.29) is 26.9 Å². The Morgan fingerprint density at radius 2 is 1.64 bits per heavy atom. The van der Waals surface area contributed by atoms with E-state index in [1.54, 1.807) is 36.4 Å². The van der Waals surface area contributed by atoms with E-state index < -0.39 is 33.5 Å². The van der Waals surface area contributed by atoms with Gasteiger partial charge in [-0.2, -0.15) is 8.42 Å². The molecule has 0 saturated carbocycles. The molecule has 0 aliphatic carbocycles. The van der Waals surface area contributed by atoms with Crippen LogP contribution in [-0.4, -0.2) is 26.3 Å². The maximum atomic E-state index is 13.2. The number of rotatable bonds is 6. The van der Waals surface area contributed by atoms with E-state index in [2.05, 4.69) is 5.32 Å². The second kappa shape index (κ2) is 9.96. The van der Waals surface area contributed by atoms with Gasteiger partial charge in [0.2, 0.25) is 0 Å². The summed E-state index contributed by atoms with van der Waals surface area (Å²) in [4.78, 5) is 39.1. The van der Waals surface area contributed by atoms with E-state index in [1.165, 1.54) is 30.3 Å². The lowest BCUT2D eigenvalue weighted by molar-refractivity contribution is -0.122. The normalized spacial score (nSPS) is 15.2. The molecule has 36 heavy (non-hydrogen) atoms. The summed E-state index contributed by atoms with van der Waals surface area (Å²) in [7, 11) is -4.22. The van der Waals surface area contributed by atoms with Crippen molar-refractivity contribution in [3.8, 4) is 5.75 Å². The number of benzene rings is 3. The van der Waals surface area contributed by atoms with E-state index in [0.717, 1.165) is 28.5 Å². The number of anilines is 1. The molecule has 1 aliphatic heterocycles. The molecule has 1 heterocycles. The molecule has 1 fully saturated rings. The maximum absolute atomic E-state index is 13.2. The van der Waals surface area contributed by atoms with E-state index in [1.807, 2.05) is 13.8 Å². The van der Waals surface area contributed by atoms with Crippen molar-refractivity contribution >= 4 is 51.3 Å². The zero-order chi connectivity index (χ0) is 26.0. The van der Waals surface area contributed by atoms with Crippen LogP contribution in [-0.2, 0) is 26.1 Å². The fourth-order valence-corrected chi connectivity index (χ4v) is 4.64. The van der Waals surface area contributed by atoms with Crippen LogP contribution in [0.1, 0.15) is 23.6 Å². The van der Waals surface area contributed by atoms with Gasteiger partial charge < -0.3 is 4.18 Å². The molecular weight excluding hydrogens is 504 g/mol. The number of imide groups is 2. The number of carbonyl (C=O) groups excluding carboxylic acids is 3. The first-order valence-electron chi connectivity index (χ1n) is 10.9. The molecule has 1 aliphatic rings. The second-order valence-corrected chi connectivity index (χ2v) is 9.99. The standard InChI is InChI=1S/C26H21ClN2O6S/c1-3-17-6-9-20(10-7-17)29-25(31)22(24(30)28-26(29)32)15-18-14-19(27)8-13-23(18)35-36(33,34)21-11-4-16(2)5-12-21/h4-15H,3H2,1-2H3,(H,28,30,32)/b22-15+. The Labute approximate surface area is 213 Å². The average Bonchev–Trinajstić information content (AvgIpc) is 2.84. The van der Waals surface area contributed by atoms with Crippen molar-refractivity contribution in [2.45, 2.75) is 25.2 Å². The van der Waals surface area contributed by atoms with Crippen molar-refractivity contribution in [2.24, 2.45) is 0 Å². The van der Waals surface area contributed by atoms with Gasteiger partial charge in [0.05, 0.1) is 5.69 Å². The van der Waals surface area contributed by atoms with Gasteiger partial charge in [-0.3, -0.25) is 14.9 Å². The van der Waals surface area contributed by atoms with E-state index in [4.69, 9.17) is 15.8 Å². The molecule has 184 valence electrons. The summed E-state index contributed by atoms with van der Waals surface area (Å²) in [5, 5.41) is 2.35. The molecule has 0 spiro atoms. The summed E-state index contributed by atoms with van der Waals surface area (Å²) in [6.07, 6.45) is 1.91. The number of barbiturate groups is 1. The highest BCUT2D eigenvalue weighted by atomic mass is 35.5. The Balaban J connectivity index is 1.73. The SMILES string of the molecule is CCc1ccc(N2C(=O)NC(=O)/C(=C\c3cc(Cl)ccc3OS(=O)(=O)c3ccc(C)cc3)C2=O)cc1. The lowest BCUT2D eigenvalue weighted by Crippen LogP contribution is -2.54. The molecule has 0 atom stereocenters. The van der Waals surface area contributed by atoms with Crippen molar-refractivity contribution in [1.82, 2.24) is 5.32 Å². The highest BCUT2D eigenvalue weighted by Crippen LogP contribution is 2.30. The van der Waals surface area contributed by atoms with Gasteiger partial charge in [0.15, 0.2) is 0 Å². The van der Waals surface area contributed by atoms with Gasteiger partial charge >= 0.3 is 16.1 Å². The number of aryl methyl sites for hydroxylation is 2. The largest absolute Gasteiger partial charge is 0.378 e. The number of hydrogen-bond acceptors (Lipinski definition) is 6. The fourth-order valence-electron chi connectivity index (χ4n) is 3.51. The van der Waals surface area contributed by atoms with Crippen LogP contribution in [0.3, 0.4) is 0 Å². The zero-order valence-corrected chi connectivity index (χ0v) is 20.9. The summed E-state index contributed by atoms with van der Waals surface area (Å²) in [6, 6.07) is 16.0. The van der Waals surface area contributed by atoms with E-state index in [0.29, 0.717) is 0 Å². The first kappa shape index (κ1) is 25.2. The lowest BCUT2D eigenvalue weighted by atomic mass is 10.1. The average molecular weight is 525 g/mol. The highest BCUT2D eigenvalue weighted by molar-refractivity contribution is 7.87. The maximum Gasteiger partial charge on any atom is 0.339 e. The quantitative estimate of drug-likeness (QED) is 0.286. The Bertz CT molecular complexity index is 1500. The number of urea groups is 1. The third kappa shape index (κ3) is 5.17. The number of halogens is 1. The first-order chi connectivity index (χ1) is 17.1. The van der Waals surface area contributed by atoms with Crippen molar-refractivity contribution in [3.05, 3.63) is 94.0 Å². The summed E-state index contributed by atoms with van der Waals surface area (Å²) >= 11 is 6.10. The molecule has 1 N–H and O–H groups in total. The van der Waals surface area contributed by atoms with Crippen molar-refractivity contribution in [2.75, 3.05) is 4.90 Å². The van der Waals surface area contributed by atoms with Crippen LogP contribution >= 0.6 is 11.6 Å². The molecule has 0 aromatic heterocycles. The lowest BCUT2D eigenvalue weighted by Gasteiger charge is -2.26.